The zero-order chi connectivity index (χ0) is 10.8. The maximum Gasteiger partial charge on any atom is 0.356 e. The van der Waals surface area contributed by atoms with E-state index in [1.54, 1.807) is 30.2 Å². The van der Waals surface area contributed by atoms with Crippen LogP contribution in [0.4, 0.5) is 0 Å². The van der Waals surface area contributed by atoms with Crippen molar-refractivity contribution in [2.45, 2.75) is 0 Å². The molecule has 2 rings (SSSR count). The van der Waals surface area contributed by atoms with Crippen molar-refractivity contribution in [2.75, 3.05) is 0 Å². The molecule has 0 saturated carbocycles. The van der Waals surface area contributed by atoms with Crippen molar-refractivity contribution in [3.63, 3.8) is 0 Å². The van der Waals surface area contributed by atoms with E-state index >= 15 is 0 Å². The summed E-state index contributed by atoms with van der Waals surface area (Å²) in [7, 11) is 1.79. The zero-order valence-electron chi connectivity index (χ0n) is 7.95. The van der Waals surface area contributed by atoms with Gasteiger partial charge in [0, 0.05) is 18.8 Å². The van der Waals surface area contributed by atoms with E-state index in [1.807, 2.05) is 0 Å². The van der Waals surface area contributed by atoms with Crippen LogP contribution in [0, 0.1) is 0 Å². The summed E-state index contributed by atoms with van der Waals surface area (Å²) >= 11 is 0. The molecule has 0 spiro atoms. The minimum atomic E-state index is -1.08. The Morgan fingerprint density at radius 1 is 1.40 bits per heavy atom. The van der Waals surface area contributed by atoms with Crippen LogP contribution >= 0.6 is 0 Å². The van der Waals surface area contributed by atoms with E-state index in [-0.39, 0.29) is 5.69 Å². The number of carboxylic acid groups (broad SMARTS) is 1. The van der Waals surface area contributed by atoms with Gasteiger partial charge >= 0.3 is 5.97 Å². The molecule has 0 atom stereocenters. The largest absolute Gasteiger partial charge is 0.476 e. The highest BCUT2D eigenvalue weighted by molar-refractivity contribution is 5.85. The molecule has 2 heterocycles. The molecule has 2 aromatic rings. The highest BCUT2D eigenvalue weighted by Crippen LogP contribution is 2.14. The van der Waals surface area contributed by atoms with Crippen molar-refractivity contribution in [2.24, 2.45) is 7.05 Å². The molecule has 6 heteroatoms. The van der Waals surface area contributed by atoms with Gasteiger partial charge in [-0.25, -0.2) is 4.79 Å². The summed E-state index contributed by atoms with van der Waals surface area (Å²) in [4.78, 5) is 10.5. The van der Waals surface area contributed by atoms with Crippen molar-refractivity contribution in [1.82, 2.24) is 20.0 Å². The Morgan fingerprint density at radius 2 is 2.20 bits per heavy atom. The first kappa shape index (κ1) is 9.32. The maximum atomic E-state index is 10.5. The van der Waals surface area contributed by atoms with Crippen LogP contribution in [-0.4, -0.2) is 31.1 Å². The molecule has 0 fully saturated rings. The highest BCUT2D eigenvalue weighted by Gasteiger charge is 2.07. The first-order valence-corrected chi connectivity index (χ1v) is 4.23. The second-order valence-electron chi connectivity index (χ2n) is 3.01. The quantitative estimate of drug-likeness (QED) is 0.773. The third kappa shape index (κ3) is 1.83. The number of carboxylic acids is 1. The monoisotopic (exact) mass is 204 g/mol. The summed E-state index contributed by atoms with van der Waals surface area (Å²) in [6, 6.07) is 3.02. The van der Waals surface area contributed by atoms with Crippen LogP contribution < -0.4 is 0 Å². The number of carbonyl (C=O) groups is 1. The predicted octanol–water partition coefficient (Wildman–Crippen LogP) is 0.575. The molecule has 0 aliphatic carbocycles. The molecule has 0 radical (unpaired) electrons. The standard InChI is InChI=1S/C9H8N4O2/c1-13-5-6(4-10-13)7-2-3-8(9(14)15)12-11-7/h2-5H,1H3,(H,14,15). The summed E-state index contributed by atoms with van der Waals surface area (Å²) in [5.74, 6) is -1.08. The Labute approximate surface area is 85.2 Å². The Hall–Kier alpha value is -2.24. The van der Waals surface area contributed by atoms with Gasteiger partial charge in [0.05, 0.1) is 11.9 Å². The van der Waals surface area contributed by atoms with E-state index in [0.29, 0.717) is 5.69 Å². The Morgan fingerprint density at radius 3 is 2.67 bits per heavy atom. The third-order valence-electron chi connectivity index (χ3n) is 1.88. The summed E-state index contributed by atoms with van der Waals surface area (Å²) in [5.41, 5.74) is 1.35. The fourth-order valence-electron chi connectivity index (χ4n) is 1.15. The molecule has 0 saturated heterocycles. The molecule has 15 heavy (non-hydrogen) atoms. The normalized spacial score (nSPS) is 10.2. The zero-order valence-corrected chi connectivity index (χ0v) is 7.95. The van der Waals surface area contributed by atoms with Crippen LogP contribution in [0.1, 0.15) is 10.5 Å². The van der Waals surface area contributed by atoms with Gasteiger partial charge in [0.2, 0.25) is 0 Å². The summed E-state index contributed by atoms with van der Waals surface area (Å²) in [5, 5.41) is 20.0. The molecule has 0 amide bonds. The minimum absolute atomic E-state index is 0.0670. The second kappa shape index (κ2) is 3.49. The lowest BCUT2D eigenvalue weighted by atomic mass is 10.2. The van der Waals surface area contributed by atoms with Gasteiger partial charge in [-0.2, -0.15) is 5.10 Å². The van der Waals surface area contributed by atoms with E-state index in [9.17, 15) is 4.79 Å². The first-order chi connectivity index (χ1) is 7.16. The summed E-state index contributed by atoms with van der Waals surface area (Å²) in [6.45, 7) is 0. The SMILES string of the molecule is Cn1cc(-c2ccc(C(=O)O)nn2)cn1. The molecule has 2 aromatic heterocycles. The van der Waals surface area contributed by atoms with Crippen LogP contribution in [0.15, 0.2) is 24.5 Å². The van der Waals surface area contributed by atoms with Crippen molar-refractivity contribution in [1.29, 1.82) is 0 Å². The van der Waals surface area contributed by atoms with Crippen LogP contribution in [0.3, 0.4) is 0 Å². The Balaban J connectivity index is 2.35. The fourth-order valence-corrected chi connectivity index (χ4v) is 1.15. The van der Waals surface area contributed by atoms with Gasteiger partial charge in [-0.1, -0.05) is 0 Å². The number of aromatic nitrogens is 4. The molecule has 1 N–H and O–H groups in total. The third-order valence-corrected chi connectivity index (χ3v) is 1.88. The summed E-state index contributed by atoms with van der Waals surface area (Å²) in [6.07, 6.45) is 3.43. The average molecular weight is 204 g/mol. The van der Waals surface area contributed by atoms with Gasteiger partial charge in [-0.15, -0.1) is 10.2 Å². The number of hydrogen-bond acceptors (Lipinski definition) is 4. The van der Waals surface area contributed by atoms with Crippen molar-refractivity contribution >= 4 is 5.97 Å². The Bertz CT molecular complexity index is 489. The van der Waals surface area contributed by atoms with E-state index in [2.05, 4.69) is 15.3 Å². The highest BCUT2D eigenvalue weighted by atomic mass is 16.4. The lowest BCUT2D eigenvalue weighted by molar-refractivity contribution is 0.0689. The predicted molar refractivity (Wildman–Crippen MR) is 51.2 cm³/mol. The number of hydrogen-bond donors (Lipinski definition) is 1. The van der Waals surface area contributed by atoms with Gasteiger partial charge in [0.15, 0.2) is 5.69 Å². The maximum absolute atomic E-state index is 10.5. The number of aryl methyl sites for hydroxylation is 1. The number of aromatic carboxylic acids is 1. The lowest BCUT2D eigenvalue weighted by Crippen LogP contribution is -2.01. The molecule has 0 aromatic carbocycles. The van der Waals surface area contributed by atoms with Crippen molar-refractivity contribution in [3.05, 3.63) is 30.2 Å². The van der Waals surface area contributed by atoms with Gasteiger partial charge < -0.3 is 5.11 Å². The van der Waals surface area contributed by atoms with E-state index in [0.717, 1.165) is 5.56 Å². The average Bonchev–Trinajstić information content (AvgIpc) is 2.65. The Kier molecular flexibility index (Phi) is 2.17. The molecule has 0 aliphatic rings. The van der Waals surface area contributed by atoms with Crippen molar-refractivity contribution in [3.8, 4) is 11.3 Å². The molecular formula is C9H8N4O2. The molecule has 0 bridgehead atoms. The topological polar surface area (TPSA) is 80.9 Å². The van der Waals surface area contributed by atoms with Crippen LogP contribution in [-0.2, 0) is 7.05 Å². The fraction of sp³-hybridized carbons (Fsp3) is 0.111. The molecular weight excluding hydrogens is 196 g/mol. The van der Waals surface area contributed by atoms with E-state index < -0.39 is 5.97 Å². The van der Waals surface area contributed by atoms with Gasteiger partial charge in [0.1, 0.15) is 0 Å². The van der Waals surface area contributed by atoms with Crippen LogP contribution in [0.25, 0.3) is 11.3 Å². The van der Waals surface area contributed by atoms with E-state index in [1.165, 1.54) is 6.07 Å². The van der Waals surface area contributed by atoms with Gasteiger partial charge in [0.25, 0.3) is 0 Å². The first-order valence-electron chi connectivity index (χ1n) is 4.23. The molecule has 0 unspecified atom stereocenters. The van der Waals surface area contributed by atoms with Gasteiger partial charge in [-0.05, 0) is 12.1 Å². The van der Waals surface area contributed by atoms with Crippen LogP contribution in [0.2, 0.25) is 0 Å². The minimum Gasteiger partial charge on any atom is -0.476 e. The summed E-state index contributed by atoms with van der Waals surface area (Å²) < 4.78 is 1.64. The smallest absolute Gasteiger partial charge is 0.356 e. The molecule has 0 aliphatic heterocycles. The number of rotatable bonds is 2. The number of nitrogens with zero attached hydrogens (tertiary/aromatic N) is 4. The lowest BCUT2D eigenvalue weighted by Gasteiger charge is -1.95. The molecule has 6 nitrogen and oxygen atoms in total. The second-order valence-corrected chi connectivity index (χ2v) is 3.01. The molecule has 76 valence electrons. The van der Waals surface area contributed by atoms with Gasteiger partial charge in [-0.3, -0.25) is 4.68 Å². The van der Waals surface area contributed by atoms with E-state index in [4.69, 9.17) is 5.11 Å². The van der Waals surface area contributed by atoms with Crippen LogP contribution in [0.5, 0.6) is 0 Å². The van der Waals surface area contributed by atoms with Crippen molar-refractivity contribution < 1.29 is 9.90 Å².